The Bertz CT molecular complexity index is 478. The van der Waals surface area contributed by atoms with E-state index in [0.717, 1.165) is 30.2 Å². The summed E-state index contributed by atoms with van der Waals surface area (Å²) in [5.74, 6) is 1.48. The molecule has 1 aliphatic carbocycles. The first-order chi connectivity index (χ1) is 10.8. The van der Waals surface area contributed by atoms with Crippen LogP contribution in [0.3, 0.4) is 0 Å². The minimum absolute atomic E-state index is 0.340. The van der Waals surface area contributed by atoms with Crippen LogP contribution in [0.4, 0.5) is 0 Å². The lowest BCUT2D eigenvalue weighted by Gasteiger charge is -2.22. The monoisotopic (exact) mass is 302 g/mol. The lowest BCUT2D eigenvalue weighted by atomic mass is 9.98. The molecule has 5 heteroatoms. The van der Waals surface area contributed by atoms with Crippen molar-refractivity contribution in [3.8, 4) is 5.88 Å². The summed E-state index contributed by atoms with van der Waals surface area (Å²) in [4.78, 5) is 8.54. The fraction of sp³-hybridized carbons (Fsp3) is 0.529. The molecule has 0 spiro atoms. The summed E-state index contributed by atoms with van der Waals surface area (Å²) in [5.41, 5.74) is 1.09. The maximum atomic E-state index is 5.93. The van der Waals surface area contributed by atoms with Gasteiger partial charge >= 0.3 is 0 Å². The Balaban J connectivity index is 1.79. The van der Waals surface area contributed by atoms with Gasteiger partial charge in [-0.05, 0) is 31.2 Å². The zero-order chi connectivity index (χ0) is 15.6. The van der Waals surface area contributed by atoms with Gasteiger partial charge in [-0.15, -0.1) is 6.58 Å². The molecule has 22 heavy (non-hydrogen) atoms. The molecular weight excluding hydrogens is 276 g/mol. The predicted octanol–water partition coefficient (Wildman–Crippen LogP) is 2.64. The van der Waals surface area contributed by atoms with Gasteiger partial charge in [0.05, 0.1) is 0 Å². The minimum Gasteiger partial charge on any atom is -0.474 e. The molecule has 0 saturated heterocycles. The molecule has 0 unspecified atom stereocenters. The second kappa shape index (κ2) is 9.07. The van der Waals surface area contributed by atoms with Crippen LogP contribution in [-0.2, 0) is 6.54 Å². The zero-order valence-electron chi connectivity index (χ0n) is 13.3. The summed E-state index contributed by atoms with van der Waals surface area (Å²) >= 11 is 0. The van der Waals surface area contributed by atoms with Crippen LogP contribution < -0.4 is 15.4 Å². The van der Waals surface area contributed by atoms with Crippen molar-refractivity contribution in [1.82, 2.24) is 15.6 Å². The second-order valence-corrected chi connectivity index (χ2v) is 5.48. The molecule has 1 fully saturated rings. The van der Waals surface area contributed by atoms with Crippen LogP contribution in [0.15, 0.2) is 36.0 Å². The fourth-order valence-electron chi connectivity index (χ4n) is 2.51. The third-order valence-corrected chi connectivity index (χ3v) is 3.73. The van der Waals surface area contributed by atoms with E-state index < -0.39 is 0 Å². The molecule has 5 nitrogen and oxygen atoms in total. The third kappa shape index (κ3) is 5.39. The maximum Gasteiger partial charge on any atom is 0.213 e. The van der Waals surface area contributed by atoms with Crippen LogP contribution in [-0.4, -0.2) is 30.6 Å². The van der Waals surface area contributed by atoms with Crippen molar-refractivity contribution in [3.63, 3.8) is 0 Å². The summed E-state index contributed by atoms with van der Waals surface area (Å²) in [7, 11) is 1.75. The molecule has 1 heterocycles. The SMILES string of the molecule is C=CCNC(=NC)NCc1ccc(OC2CCCCC2)nc1. The minimum atomic E-state index is 0.340. The molecule has 2 N–H and O–H groups in total. The zero-order valence-corrected chi connectivity index (χ0v) is 13.3. The van der Waals surface area contributed by atoms with Crippen molar-refractivity contribution >= 4 is 5.96 Å². The molecule has 120 valence electrons. The number of rotatable bonds is 6. The predicted molar refractivity (Wildman–Crippen MR) is 90.1 cm³/mol. The summed E-state index contributed by atoms with van der Waals surface area (Å²) < 4.78 is 5.93. The van der Waals surface area contributed by atoms with E-state index in [-0.39, 0.29) is 0 Å². The number of hydrogen-bond donors (Lipinski definition) is 2. The number of pyridine rings is 1. The Kier molecular flexibility index (Phi) is 6.74. The summed E-state index contributed by atoms with van der Waals surface area (Å²) in [6, 6.07) is 3.99. The van der Waals surface area contributed by atoms with Crippen LogP contribution >= 0.6 is 0 Å². The Morgan fingerprint density at radius 2 is 2.18 bits per heavy atom. The molecule has 0 bridgehead atoms. The van der Waals surface area contributed by atoms with E-state index in [1.54, 1.807) is 13.1 Å². The molecular formula is C17H26N4O. The van der Waals surface area contributed by atoms with Crippen LogP contribution in [0.25, 0.3) is 0 Å². The van der Waals surface area contributed by atoms with E-state index in [0.29, 0.717) is 19.2 Å². The molecule has 1 aromatic heterocycles. The summed E-state index contributed by atoms with van der Waals surface area (Å²) in [5, 5.41) is 6.36. The standard InChI is InChI=1S/C17H26N4O/c1-3-11-19-17(18-2)21-13-14-9-10-16(20-12-14)22-15-7-5-4-6-8-15/h3,9-10,12,15H,1,4-8,11,13H2,2H3,(H2,18,19,21). The Labute approximate surface area is 132 Å². The Morgan fingerprint density at radius 1 is 1.36 bits per heavy atom. The van der Waals surface area contributed by atoms with Gasteiger partial charge in [0.1, 0.15) is 6.10 Å². The highest BCUT2D eigenvalue weighted by atomic mass is 16.5. The molecule has 1 saturated carbocycles. The number of ether oxygens (including phenoxy) is 1. The quantitative estimate of drug-likeness (QED) is 0.482. The highest BCUT2D eigenvalue weighted by Gasteiger charge is 2.15. The van der Waals surface area contributed by atoms with Crippen molar-refractivity contribution in [1.29, 1.82) is 0 Å². The van der Waals surface area contributed by atoms with Gasteiger partial charge in [-0.25, -0.2) is 4.98 Å². The van der Waals surface area contributed by atoms with Gasteiger partial charge in [0.2, 0.25) is 5.88 Å². The van der Waals surface area contributed by atoms with Gasteiger partial charge in [0, 0.05) is 32.4 Å². The first-order valence-corrected chi connectivity index (χ1v) is 7.99. The number of hydrogen-bond acceptors (Lipinski definition) is 3. The van der Waals surface area contributed by atoms with Crippen molar-refractivity contribution in [3.05, 3.63) is 36.5 Å². The van der Waals surface area contributed by atoms with Gasteiger partial charge in [0.15, 0.2) is 5.96 Å². The molecule has 0 atom stereocenters. The Morgan fingerprint density at radius 3 is 2.82 bits per heavy atom. The van der Waals surface area contributed by atoms with Crippen LogP contribution in [0.2, 0.25) is 0 Å². The third-order valence-electron chi connectivity index (χ3n) is 3.73. The number of nitrogens with zero attached hydrogens (tertiary/aromatic N) is 2. The van der Waals surface area contributed by atoms with Crippen molar-refractivity contribution in [2.45, 2.75) is 44.8 Å². The average Bonchev–Trinajstić information content (AvgIpc) is 2.57. The number of aromatic nitrogens is 1. The van der Waals surface area contributed by atoms with Crippen LogP contribution in [0, 0.1) is 0 Å². The first kappa shape index (κ1) is 16.3. The molecule has 0 aromatic carbocycles. The van der Waals surface area contributed by atoms with E-state index >= 15 is 0 Å². The highest BCUT2D eigenvalue weighted by Crippen LogP contribution is 2.22. The highest BCUT2D eigenvalue weighted by molar-refractivity contribution is 5.79. The second-order valence-electron chi connectivity index (χ2n) is 5.48. The molecule has 1 aromatic rings. The van der Waals surface area contributed by atoms with Crippen molar-refractivity contribution < 1.29 is 4.74 Å². The lowest BCUT2D eigenvalue weighted by molar-refractivity contribution is 0.148. The normalized spacial score (nSPS) is 16.1. The maximum absolute atomic E-state index is 5.93. The fourth-order valence-corrected chi connectivity index (χ4v) is 2.51. The molecule has 0 amide bonds. The summed E-state index contributed by atoms with van der Waals surface area (Å²) in [6.07, 6.45) is 10.2. The molecule has 0 aliphatic heterocycles. The number of nitrogens with one attached hydrogen (secondary N) is 2. The van der Waals surface area contributed by atoms with Crippen molar-refractivity contribution in [2.75, 3.05) is 13.6 Å². The number of aliphatic imine (C=N–C) groups is 1. The van der Waals surface area contributed by atoms with E-state index in [1.165, 1.54) is 19.3 Å². The van der Waals surface area contributed by atoms with Gasteiger partial charge < -0.3 is 15.4 Å². The average molecular weight is 302 g/mol. The van der Waals surface area contributed by atoms with Crippen LogP contribution in [0.1, 0.15) is 37.7 Å². The smallest absolute Gasteiger partial charge is 0.213 e. The van der Waals surface area contributed by atoms with E-state index in [4.69, 9.17) is 4.74 Å². The molecule has 1 aliphatic rings. The molecule has 2 rings (SSSR count). The van der Waals surface area contributed by atoms with Crippen LogP contribution in [0.5, 0.6) is 5.88 Å². The van der Waals surface area contributed by atoms with Gasteiger partial charge in [-0.3, -0.25) is 4.99 Å². The largest absolute Gasteiger partial charge is 0.474 e. The van der Waals surface area contributed by atoms with Gasteiger partial charge in [-0.2, -0.15) is 0 Å². The van der Waals surface area contributed by atoms with Crippen molar-refractivity contribution in [2.24, 2.45) is 4.99 Å². The lowest BCUT2D eigenvalue weighted by Crippen LogP contribution is -2.36. The van der Waals surface area contributed by atoms with E-state index in [2.05, 4.69) is 27.2 Å². The first-order valence-electron chi connectivity index (χ1n) is 7.99. The van der Waals surface area contributed by atoms with Gasteiger partial charge in [0.25, 0.3) is 0 Å². The number of guanidine groups is 1. The topological polar surface area (TPSA) is 58.5 Å². The van der Waals surface area contributed by atoms with E-state index in [1.807, 2.05) is 18.3 Å². The molecule has 0 radical (unpaired) electrons. The van der Waals surface area contributed by atoms with E-state index in [9.17, 15) is 0 Å². The Hall–Kier alpha value is -2.04. The summed E-state index contributed by atoms with van der Waals surface area (Å²) in [6.45, 7) is 5.03. The van der Waals surface area contributed by atoms with Gasteiger partial charge in [-0.1, -0.05) is 18.6 Å².